The number of aryl methyl sites for hydroxylation is 1. The first-order valence-corrected chi connectivity index (χ1v) is 11.2. The molecule has 0 saturated carbocycles. The van der Waals surface area contributed by atoms with Crippen molar-refractivity contribution >= 4 is 29.4 Å². The molecule has 40 heavy (non-hydrogen) atoms. The summed E-state index contributed by atoms with van der Waals surface area (Å²) < 4.78 is 65.2. The number of alkyl halides is 6. The molecule has 0 bridgehead atoms. The molecule has 0 aliphatic carbocycles. The van der Waals surface area contributed by atoms with Gasteiger partial charge in [-0.25, -0.2) is 9.59 Å². The molecule has 4 rings (SSSR count). The number of rotatable bonds is 2. The van der Waals surface area contributed by atoms with Crippen molar-refractivity contribution in [1.29, 1.82) is 0 Å². The van der Waals surface area contributed by atoms with Gasteiger partial charge in [-0.3, -0.25) is 24.2 Å². The summed E-state index contributed by atoms with van der Waals surface area (Å²) in [5, 5.41) is 18.4. The number of pyridine rings is 1. The number of likely N-dealkylation sites (tertiary alicyclic amines) is 1. The molecule has 1 spiro atoms. The van der Waals surface area contributed by atoms with Crippen molar-refractivity contribution in [3.8, 4) is 0 Å². The predicted molar refractivity (Wildman–Crippen MR) is 123 cm³/mol. The Labute approximate surface area is 222 Å². The van der Waals surface area contributed by atoms with Crippen molar-refractivity contribution in [2.24, 2.45) is 7.05 Å². The van der Waals surface area contributed by atoms with E-state index in [1.54, 1.807) is 40.3 Å². The third-order valence-electron chi connectivity index (χ3n) is 5.97. The molecular formula is C22H24F6N6O6. The van der Waals surface area contributed by atoms with Crippen LogP contribution in [-0.2, 0) is 21.4 Å². The minimum atomic E-state index is -5.08. The molecule has 2 fully saturated rings. The van der Waals surface area contributed by atoms with Gasteiger partial charge >= 0.3 is 24.3 Å². The molecule has 2 N–H and O–H groups in total. The van der Waals surface area contributed by atoms with Crippen LogP contribution in [-0.4, -0.2) is 110 Å². The Morgan fingerprint density at radius 2 is 1.48 bits per heavy atom. The average Bonchev–Trinajstić information content (AvgIpc) is 3.48. The normalized spacial score (nSPS) is 19.4. The minimum Gasteiger partial charge on any atom is -0.475 e. The SMILES string of the molecule is CN1CC(=O)N(c2cnn(C)c2)CC12CCN(C(=O)c1ccncc1)C2.O=C(O)C(F)(F)F.O=C(O)C(F)(F)F. The second-order valence-electron chi connectivity index (χ2n) is 8.75. The number of piperazine rings is 1. The van der Waals surface area contributed by atoms with Gasteiger partial charge < -0.3 is 20.0 Å². The number of hydrogen-bond acceptors (Lipinski definition) is 7. The lowest BCUT2D eigenvalue weighted by Gasteiger charge is -2.46. The van der Waals surface area contributed by atoms with Gasteiger partial charge in [-0.15, -0.1) is 0 Å². The quantitative estimate of drug-likeness (QED) is 0.504. The molecule has 18 heteroatoms. The van der Waals surface area contributed by atoms with E-state index in [0.717, 1.165) is 12.1 Å². The van der Waals surface area contributed by atoms with Gasteiger partial charge in [0.1, 0.15) is 0 Å². The summed E-state index contributed by atoms with van der Waals surface area (Å²) in [6.45, 7) is 2.19. The molecule has 0 radical (unpaired) electrons. The summed E-state index contributed by atoms with van der Waals surface area (Å²) in [5.41, 5.74) is 1.23. The fraction of sp³-hybridized carbons (Fsp3) is 0.455. The molecule has 2 aliphatic heterocycles. The van der Waals surface area contributed by atoms with Crippen LogP contribution in [0, 0.1) is 0 Å². The fourth-order valence-corrected chi connectivity index (χ4v) is 3.89. The van der Waals surface area contributed by atoms with E-state index in [9.17, 15) is 35.9 Å². The number of aliphatic carboxylic acids is 2. The monoisotopic (exact) mass is 582 g/mol. The first-order valence-electron chi connectivity index (χ1n) is 11.2. The van der Waals surface area contributed by atoms with Crippen LogP contribution in [0.3, 0.4) is 0 Å². The van der Waals surface area contributed by atoms with E-state index in [4.69, 9.17) is 19.8 Å². The van der Waals surface area contributed by atoms with Crippen molar-refractivity contribution in [2.45, 2.75) is 24.3 Å². The summed E-state index contributed by atoms with van der Waals surface area (Å²) in [4.78, 5) is 52.9. The van der Waals surface area contributed by atoms with Gasteiger partial charge in [-0.05, 0) is 25.6 Å². The Bertz CT molecular complexity index is 1200. The highest BCUT2D eigenvalue weighted by Gasteiger charge is 2.49. The molecule has 1 unspecified atom stereocenters. The smallest absolute Gasteiger partial charge is 0.475 e. The largest absolute Gasteiger partial charge is 0.490 e. The molecule has 2 saturated heterocycles. The van der Waals surface area contributed by atoms with Gasteiger partial charge in [0.15, 0.2) is 0 Å². The number of likely N-dealkylation sites (N-methyl/N-ethyl adjacent to an activating group) is 1. The number of carboxylic acid groups (broad SMARTS) is 2. The molecule has 0 aromatic carbocycles. The summed E-state index contributed by atoms with van der Waals surface area (Å²) in [6.07, 6.45) is -2.49. The maximum absolute atomic E-state index is 12.8. The number of carbonyl (C=O) groups excluding carboxylic acids is 2. The lowest BCUT2D eigenvalue weighted by atomic mass is 9.93. The molecule has 2 aromatic rings. The van der Waals surface area contributed by atoms with E-state index in [2.05, 4.69) is 15.0 Å². The standard InChI is InChI=1S/C18H22N6O2.2C2HF3O2/c1-21-11-16(25)24(15-9-20-22(2)10-15)13-18(21)5-8-23(12-18)17(26)14-3-6-19-7-4-14;2*3-2(4,5)1(6)7/h3-4,6-7,9-10H,5,8,11-13H2,1-2H3;2*(H,6,7). The van der Waals surface area contributed by atoms with Gasteiger partial charge in [-0.1, -0.05) is 0 Å². The number of carboxylic acids is 2. The first-order chi connectivity index (χ1) is 18.4. The van der Waals surface area contributed by atoms with Crippen LogP contribution in [0.1, 0.15) is 16.8 Å². The Morgan fingerprint density at radius 3 is 1.93 bits per heavy atom. The van der Waals surface area contributed by atoms with Crippen LogP contribution in [0.2, 0.25) is 0 Å². The Kier molecular flexibility index (Phi) is 9.85. The Morgan fingerprint density at radius 1 is 0.950 bits per heavy atom. The topological polar surface area (TPSA) is 149 Å². The fourth-order valence-electron chi connectivity index (χ4n) is 3.89. The van der Waals surface area contributed by atoms with Crippen molar-refractivity contribution in [3.63, 3.8) is 0 Å². The van der Waals surface area contributed by atoms with Crippen LogP contribution < -0.4 is 4.90 Å². The zero-order valence-corrected chi connectivity index (χ0v) is 21.0. The zero-order valence-electron chi connectivity index (χ0n) is 21.0. The van der Waals surface area contributed by atoms with Crippen molar-refractivity contribution < 1.29 is 55.7 Å². The number of halogens is 6. The Balaban J connectivity index is 0.000000333. The number of aromatic nitrogens is 3. The van der Waals surface area contributed by atoms with Gasteiger partial charge in [0.05, 0.1) is 24.0 Å². The van der Waals surface area contributed by atoms with Gasteiger partial charge in [0.2, 0.25) is 5.91 Å². The molecule has 12 nitrogen and oxygen atoms in total. The third-order valence-corrected chi connectivity index (χ3v) is 5.97. The highest BCUT2D eigenvalue weighted by atomic mass is 19.4. The molecule has 2 amide bonds. The first kappa shape index (κ1) is 32.0. The van der Waals surface area contributed by atoms with E-state index >= 15 is 0 Å². The lowest BCUT2D eigenvalue weighted by molar-refractivity contribution is -0.193. The summed E-state index contributed by atoms with van der Waals surface area (Å²) in [7, 11) is 3.81. The Hall–Kier alpha value is -4.22. The summed E-state index contributed by atoms with van der Waals surface area (Å²) in [5.74, 6) is -5.44. The molecule has 220 valence electrons. The van der Waals surface area contributed by atoms with E-state index < -0.39 is 24.3 Å². The number of hydrogen-bond donors (Lipinski definition) is 2. The molecular weight excluding hydrogens is 558 g/mol. The van der Waals surface area contributed by atoms with Crippen LogP contribution in [0.5, 0.6) is 0 Å². The third kappa shape index (κ3) is 8.14. The number of amides is 2. The van der Waals surface area contributed by atoms with Crippen LogP contribution in [0.25, 0.3) is 0 Å². The van der Waals surface area contributed by atoms with E-state index in [0.29, 0.717) is 31.7 Å². The van der Waals surface area contributed by atoms with Gasteiger partial charge in [-0.2, -0.15) is 31.4 Å². The van der Waals surface area contributed by atoms with Crippen LogP contribution in [0.4, 0.5) is 32.0 Å². The maximum Gasteiger partial charge on any atom is 0.490 e. The number of nitrogens with zero attached hydrogens (tertiary/aromatic N) is 6. The van der Waals surface area contributed by atoms with E-state index in [1.807, 2.05) is 25.2 Å². The maximum atomic E-state index is 12.8. The second-order valence-corrected chi connectivity index (χ2v) is 8.75. The van der Waals surface area contributed by atoms with Crippen LogP contribution in [0.15, 0.2) is 36.9 Å². The second kappa shape index (κ2) is 12.3. The highest BCUT2D eigenvalue weighted by molar-refractivity contribution is 5.96. The highest BCUT2D eigenvalue weighted by Crippen LogP contribution is 2.33. The van der Waals surface area contributed by atoms with Gasteiger partial charge in [0, 0.05) is 50.8 Å². The van der Waals surface area contributed by atoms with Crippen molar-refractivity contribution in [2.75, 3.05) is 38.1 Å². The van der Waals surface area contributed by atoms with Crippen LogP contribution >= 0.6 is 0 Å². The molecule has 4 heterocycles. The summed E-state index contributed by atoms with van der Waals surface area (Å²) in [6, 6.07) is 3.48. The van der Waals surface area contributed by atoms with E-state index in [-0.39, 0.29) is 17.4 Å². The predicted octanol–water partition coefficient (Wildman–Crippen LogP) is 1.65. The zero-order chi connectivity index (χ0) is 30.5. The molecule has 2 aromatic heterocycles. The molecule has 1 atom stereocenters. The minimum absolute atomic E-state index is 0.0162. The average molecular weight is 582 g/mol. The molecule has 2 aliphatic rings. The van der Waals surface area contributed by atoms with E-state index in [1.165, 1.54) is 0 Å². The lowest BCUT2D eigenvalue weighted by Crippen LogP contribution is -2.64. The van der Waals surface area contributed by atoms with Gasteiger partial charge in [0.25, 0.3) is 5.91 Å². The number of carbonyl (C=O) groups is 4. The van der Waals surface area contributed by atoms with Crippen molar-refractivity contribution in [1.82, 2.24) is 24.6 Å². The van der Waals surface area contributed by atoms with Crippen molar-refractivity contribution in [3.05, 3.63) is 42.5 Å². The summed E-state index contributed by atoms with van der Waals surface area (Å²) >= 11 is 0. The number of anilines is 1.